The topological polar surface area (TPSA) is 26.3 Å². The highest BCUT2D eigenvalue weighted by Crippen LogP contribution is 2.29. The number of benzene rings is 2. The van der Waals surface area contributed by atoms with E-state index in [2.05, 4.69) is 0 Å². The predicted molar refractivity (Wildman–Crippen MR) is 89.7 cm³/mol. The zero-order chi connectivity index (χ0) is 15.7. The number of rotatable bonds is 2. The Bertz CT molecular complexity index is 802. The van der Waals surface area contributed by atoms with Gasteiger partial charge in [-0.15, -0.1) is 0 Å². The molecule has 0 atom stereocenters. The van der Waals surface area contributed by atoms with Gasteiger partial charge in [-0.05, 0) is 36.8 Å². The van der Waals surface area contributed by atoms with E-state index in [9.17, 15) is 4.79 Å². The number of hydrogen-bond acceptors (Lipinski definition) is 2. The third kappa shape index (κ3) is 3.08. The van der Waals surface area contributed by atoms with Crippen LogP contribution in [0.1, 0.15) is 16.7 Å². The summed E-state index contributed by atoms with van der Waals surface area (Å²) in [5.41, 5.74) is 3.30. The van der Waals surface area contributed by atoms with E-state index in [1.165, 1.54) is 0 Å². The van der Waals surface area contributed by atoms with Gasteiger partial charge in [-0.3, -0.25) is 0 Å². The van der Waals surface area contributed by atoms with Crippen molar-refractivity contribution in [3.05, 3.63) is 80.8 Å². The van der Waals surface area contributed by atoms with Crippen molar-refractivity contribution in [3.8, 4) is 0 Å². The number of carbonyl (C=O) groups excluding carboxylic acids is 1. The van der Waals surface area contributed by atoms with Crippen LogP contribution in [0.25, 0.3) is 11.8 Å². The minimum Gasteiger partial charge on any atom is -0.422 e. The molecule has 22 heavy (non-hydrogen) atoms. The summed E-state index contributed by atoms with van der Waals surface area (Å²) in [4.78, 5) is 12.0. The second kappa shape index (κ2) is 5.99. The molecule has 0 bridgehead atoms. The quantitative estimate of drug-likeness (QED) is 0.552. The van der Waals surface area contributed by atoms with Gasteiger partial charge in [0, 0.05) is 5.56 Å². The van der Waals surface area contributed by atoms with Crippen molar-refractivity contribution >= 4 is 41.0 Å². The first kappa shape index (κ1) is 14.9. The van der Waals surface area contributed by atoms with E-state index in [-0.39, 0.29) is 5.97 Å². The van der Waals surface area contributed by atoms with Crippen molar-refractivity contribution in [2.24, 2.45) is 0 Å². The number of halogens is 2. The van der Waals surface area contributed by atoms with Crippen LogP contribution in [-0.4, -0.2) is 5.97 Å². The molecule has 0 N–H and O–H groups in total. The molecule has 0 saturated heterocycles. The molecule has 3 rings (SSSR count). The molecule has 1 aliphatic rings. The number of carbonyl (C=O) groups is 1. The molecule has 0 spiro atoms. The first-order valence-corrected chi connectivity index (χ1v) is 7.46. The zero-order valence-electron chi connectivity index (χ0n) is 11.8. The lowest BCUT2D eigenvalue weighted by molar-refractivity contribution is -0.130. The van der Waals surface area contributed by atoms with Gasteiger partial charge in [0.05, 0.1) is 15.6 Å². The molecular weight excluding hydrogens is 319 g/mol. The highest BCUT2D eigenvalue weighted by molar-refractivity contribution is 6.42. The van der Waals surface area contributed by atoms with Crippen molar-refractivity contribution in [2.45, 2.75) is 6.92 Å². The van der Waals surface area contributed by atoms with Gasteiger partial charge >= 0.3 is 5.97 Å². The molecule has 1 heterocycles. The average Bonchev–Trinajstić information content (AvgIpc) is 2.85. The molecular formula is C18H12Cl2O2. The lowest BCUT2D eigenvalue weighted by Gasteiger charge is -2.01. The molecule has 2 aromatic carbocycles. The van der Waals surface area contributed by atoms with Crippen molar-refractivity contribution in [1.82, 2.24) is 0 Å². The second-order valence-electron chi connectivity index (χ2n) is 5.04. The maximum absolute atomic E-state index is 12.0. The van der Waals surface area contributed by atoms with Gasteiger partial charge in [-0.25, -0.2) is 4.79 Å². The Morgan fingerprint density at radius 3 is 2.41 bits per heavy atom. The minimum atomic E-state index is -0.373. The van der Waals surface area contributed by atoms with Gasteiger partial charge in [-0.2, -0.15) is 0 Å². The third-order valence-corrected chi connectivity index (χ3v) is 4.07. The summed E-state index contributed by atoms with van der Waals surface area (Å²) in [5.74, 6) is 0.179. The molecule has 0 unspecified atom stereocenters. The summed E-state index contributed by atoms with van der Waals surface area (Å²) >= 11 is 11.9. The van der Waals surface area contributed by atoms with E-state index in [1.54, 1.807) is 30.4 Å². The summed E-state index contributed by atoms with van der Waals surface area (Å²) < 4.78 is 5.32. The summed E-state index contributed by atoms with van der Waals surface area (Å²) in [6.07, 6.45) is 3.46. The highest BCUT2D eigenvalue weighted by Gasteiger charge is 2.21. The fraction of sp³-hybridized carbons (Fsp3) is 0.0556. The van der Waals surface area contributed by atoms with Crippen LogP contribution in [0, 0.1) is 6.92 Å². The van der Waals surface area contributed by atoms with Crippen LogP contribution in [0.4, 0.5) is 0 Å². The molecule has 0 aromatic heterocycles. The van der Waals surface area contributed by atoms with Gasteiger partial charge < -0.3 is 4.74 Å². The van der Waals surface area contributed by atoms with Gasteiger partial charge in [-0.1, -0.05) is 59.1 Å². The minimum absolute atomic E-state index is 0.373. The summed E-state index contributed by atoms with van der Waals surface area (Å²) in [5, 5.41) is 0.929. The number of esters is 1. The smallest absolute Gasteiger partial charge is 0.343 e. The molecule has 110 valence electrons. The molecule has 2 nitrogen and oxygen atoms in total. The largest absolute Gasteiger partial charge is 0.422 e. The number of ether oxygens (including phenoxy) is 1. The molecule has 0 radical (unpaired) electrons. The lowest BCUT2D eigenvalue weighted by atomic mass is 10.1. The maximum Gasteiger partial charge on any atom is 0.343 e. The van der Waals surface area contributed by atoms with Gasteiger partial charge in [0.2, 0.25) is 0 Å². The molecule has 0 amide bonds. The van der Waals surface area contributed by atoms with Crippen molar-refractivity contribution < 1.29 is 9.53 Å². The SMILES string of the molecule is Cc1ccc(C2=C/C(=C\c3ccc(Cl)c(Cl)c3)C(=O)O2)cc1. The summed E-state index contributed by atoms with van der Waals surface area (Å²) in [7, 11) is 0. The number of hydrogen-bond donors (Lipinski definition) is 0. The molecule has 2 aromatic rings. The Kier molecular flexibility index (Phi) is 4.06. The Morgan fingerprint density at radius 1 is 1.00 bits per heavy atom. The van der Waals surface area contributed by atoms with E-state index < -0.39 is 0 Å². The fourth-order valence-electron chi connectivity index (χ4n) is 2.13. The van der Waals surface area contributed by atoms with E-state index in [0.717, 1.165) is 16.7 Å². The zero-order valence-corrected chi connectivity index (χ0v) is 13.3. The van der Waals surface area contributed by atoms with Crippen molar-refractivity contribution in [3.63, 3.8) is 0 Å². The standard InChI is InChI=1S/C18H12Cl2O2/c1-11-2-5-13(6-3-11)17-10-14(18(21)22-17)8-12-4-7-15(19)16(20)9-12/h2-10H,1H3/b14-8+. The van der Waals surface area contributed by atoms with E-state index in [4.69, 9.17) is 27.9 Å². The van der Waals surface area contributed by atoms with E-state index in [1.807, 2.05) is 31.2 Å². The molecule has 0 fully saturated rings. The van der Waals surface area contributed by atoms with Crippen molar-refractivity contribution in [2.75, 3.05) is 0 Å². The van der Waals surface area contributed by atoms with Crippen LogP contribution in [0.2, 0.25) is 10.0 Å². The van der Waals surface area contributed by atoms with Gasteiger partial charge in [0.1, 0.15) is 5.76 Å². The Morgan fingerprint density at radius 2 is 1.73 bits per heavy atom. The average molecular weight is 331 g/mol. The van der Waals surface area contributed by atoms with Crippen LogP contribution >= 0.6 is 23.2 Å². The van der Waals surface area contributed by atoms with Crippen LogP contribution < -0.4 is 0 Å². The maximum atomic E-state index is 12.0. The predicted octanol–water partition coefficient (Wildman–Crippen LogP) is 5.28. The third-order valence-electron chi connectivity index (χ3n) is 3.33. The first-order chi connectivity index (χ1) is 10.5. The molecule has 0 aliphatic carbocycles. The van der Waals surface area contributed by atoms with Crippen LogP contribution in [0.5, 0.6) is 0 Å². The van der Waals surface area contributed by atoms with Crippen LogP contribution in [0.3, 0.4) is 0 Å². The highest BCUT2D eigenvalue weighted by atomic mass is 35.5. The summed E-state index contributed by atoms with van der Waals surface area (Å²) in [6, 6.07) is 13.0. The molecule has 4 heteroatoms. The second-order valence-corrected chi connectivity index (χ2v) is 5.85. The van der Waals surface area contributed by atoms with Crippen LogP contribution in [0.15, 0.2) is 54.1 Å². The first-order valence-electron chi connectivity index (χ1n) is 6.70. The number of aryl methyl sites for hydroxylation is 1. The summed E-state index contributed by atoms with van der Waals surface area (Å²) in [6.45, 7) is 2.01. The monoisotopic (exact) mass is 330 g/mol. The molecule has 1 aliphatic heterocycles. The Hall–Kier alpha value is -2.03. The fourth-order valence-corrected chi connectivity index (χ4v) is 2.44. The normalized spacial score (nSPS) is 15.9. The van der Waals surface area contributed by atoms with Gasteiger partial charge in [0.15, 0.2) is 0 Å². The number of cyclic esters (lactones) is 1. The Balaban J connectivity index is 1.93. The molecule has 0 saturated carbocycles. The van der Waals surface area contributed by atoms with Crippen LogP contribution in [-0.2, 0) is 9.53 Å². The lowest BCUT2D eigenvalue weighted by Crippen LogP contribution is -1.97. The van der Waals surface area contributed by atoms with Gasteiger partial charge in [0.25, 0.3) is 0 Å². The van der Waals surface area contributed by atoms with E-state index in [0.29, 0.717) is 21.4 Å². The Labute approximate surface area is 138 Å². The van der Waals surface area contributed by atoms with Crippen molar-refractivity contribution in [1.29, 1.82) is 0 Å². The van der Waals surface area contributed by atoms with E-state index >= 15 is 0 Å².